The molecule has 1 fully saturated rings. The van der Waals surface area contributed by atoms with Crippen molar-refractivity contribution in [3.63, 3.8) is 0 Å². The van der Waals surface area contributed by atoms with Gasteiger partial charge in [0.2, 0.25) is 5.91 Å². The molecular weight excluding hydrogens is 351 g/mol. The van der Waals surface area contributed by atoms with Crippen LogP contribution in [0, 0.1) is 13.8 Å². The van der Waals surface area contributed by atoms with Crippen LogP contribution in [-0.2, 0) is 22.6 Å². The predicted octanol–water partition coefficient (Wildman–Crippen LogP) is 2.85. The van der Waals surface area contributed by atoms with Crippen molar-refractivity contribution in [2.45, 2.75) is 70.6 Å². The van der Waals surface area contributed by atoms with Crippen molar-refractivity contribution in [1.82, 2.24) is 14.7 Å². The molecule has 0 spiro atoms. The third-order valence-electron chi connectivity index (χ3n) is 5.28. The van der Waals surface area contributed by atoms with Crippen LogP contribution in [0.5, 0.6) is 0 Å². The fourth-order valence-electron chi connectivity index (χ4n) is 3.65. The van der Waals surface area contributed by atoms with E-state index in [1.165, 1.54) is 18.9 Å². The molecule has 0 radical (unpaired) electrons. The van der Waals surface area contributed by atoms with E-state index in [4.69, 9.17) is 0 Å². The van der Waals surface area contributed by atoms with Crippen molar-refractivity contribution in [3.05, 3.63) is 17.0 Å². The summed E-state index contributed by atoms with van der Waals surface area (Å²) in [6.07, 6.45) is -1.42. The standard InChI is InChI=1S/C17H24F3N3O3/c1-11-13(12(2)23(21-11)10-17(18,19)20)9-14(24)22(3)16(15(25)26)7-5-4-6-8-16/h4-10H2,1-3H3,(H,25,26). The van der Waals surface area contributed by atoms with E-state index in [-0.39, 0.29) is 12.1 Å². The van der Waals surface area contributed by atoms with Crippen molar-refractivity contribution >= 4 is 11.9 Å². The van der Waals surface area contributed by atoms with Gasteiger partial charge in [-0.25, -0.2) is 4.79 Å². The maximum atomic E-state index is 12.7. The fourth-order valence-corrected chi connectivity index (χ4v) is 3.65. The highest BCUT2D eigenvalue weighted by atomic mass is 19.4. The van der Waals surface area contributed by atoms with Gasteiger partial charge in [0.25, 0.3) is 0 Å². The molecule has 0 saturated heterocycles. The van der Waals surface area contributed by atoms with Gasteiger partial charge in [-0.3, -0.25) is 9.48 Å². The maximum Gasteiger partial charge on any atom is 0.408 e. The fraction of sp³-hybridized carbons (Fsp3) is 0.706. The summed E-state index contributed by atoms with van der Waals surface area (Å²) >= 11 is 0. The molecule has 0 aliphatic heterocycles. The molecule has 1 saturated carbocycles. The minimum absolute atomic E-state index is 0.166. The molecule has 26 heavy (non-hydrogen) atoms. The lowest BCUT2D eigenvalue weighted by molar-refractivity contribution is -0.160. The topological polar surface area (TPSA) is 75.4 Å². The number of aromatic nitrogens is 2. The molecule has 146 valence electrons. The largest absolute Gasteiger partial charge is 0.479 e. The minimum Gasteiger partial charge on any atom is -0.479 e. The van der Waals surface area contributed by atoms with Crippen LogP contribution in [0.1, 0.15) is 49.1 Å². The quantitative estimate of drug-likeness (QED) is 0.859. The van der Waals surface area contributed by atoms with Crippen molar-refractivity contribution < 1.29 is 27.9 Å². The van der Waals surface area contributed by atoms with E-state index in [1.54, 1.807) is 6.92 Å². The first-order valence-electron chi connectivity index (χ1n) is 8.57. The van der Waals surface area contributed by atoms with E-state index in [0.29, 0.717) is 24.1 Å². The molecular formula is C17H24F3N3O3. The van der Waals surface area contributed by atoms with Crippen molar-refractivity contribution in [2.24, 2.45) is 0 Å². The zero-order valence-electron chi connectivity index (χ0n) is 15.2. The number of likely N-dealkylation sites (N-methyl/N-ethyl adjacent to an activating group) is 1. The zero-order valence-corrected chi connectivity index (χ0v) is 15.2. The Morgan fingerprint density at radius 1 is 1.23 bits per heavy atom. The molecule has 1 aliphatic carbocycles. The van der Waals surface area contributed by atoms with E-state index in [0.717, 1.165) is 23.9 Å². The molecule has 1 heterocycles. The average Bonchev–Trinajstić information content (AvgIpc) is 2.80. The number of nitrogens with zero attached hydrogens (tertiary/aromatic N) is 3. The highest BCUT2D eigenvalue weighted by Crippen LogP contribution is 2.34. The Bertz CT molecular complexity index is 691. The number of carbonyl (C=O) groups excluding carboxylic acids is 1. The number of hydrogen-bond acceptors (Lipinski definition) is 3. The molecule has 2 rings (SSSR count). The van der Waals surface area contributed by atoms with E-state index in [9.17, 15) is 27.9 Å². The molecule has 1 aromatic rings. The normalized spacial score (nSPS) is 17.2. The van der Waals surface area contributed by atoms with Gasteiger partial charge in [0.1, 0.15) is 12.1 Å². The van der Waals surface area contributed by atoms with Crippen molar-refractivity contribution in [2.75, 3.05) is 7.05 Å². The van der Waals surface area contributed by atoms with Crippen LogP contribution in [0.15, 0.2) is 0 Å². The Hall–Kier alpha value is -2.06. The number of carboxylic acids is 1. The molecule has 1 amide bonds. The lowest BCUT2D eigenvalue weighted by Gasteiger charge is -2.41. The van der Waals surface area contributed by atoms with Gasteiger partial charge in [-0.1, -0.05) is 19.3 Å². The number of carbonyl (C=O) groups is 2. The summed E-state index contributed by atoms with van der Waals surface area (Å²) in [5.74, 6) is -1.46. The molecule has 0 atom stereocenters. The number of hydrogen-bond donors (Lipinski definition) is 1. The van der Waals surface area contributed by atoms with Gasteiger partial charge in [-0.15, -0.1) is 0 Å². The lowest BCUT2D eigenvalue weighted by atomic mass is 9.80. The van der Waals surface area contributed by atoms with E-state index < -0.39 is 30.1 Å². The molecule has 0 aromatic carbocycles. The summed E-state index contributed by atoms with van der Waals surface area (Å²) in [6.45, 7) is 1.82. The molecule has 1 N–H and O–H groups in total. The Labute approximate surface area is 150 Å². The number of carboxylic acid groups (broad SMARTS) is 1. The van der Waals surface area contributed by atoms with Gasteiger partial charge in [0.15, 0.2) is 0 Å². The van der Waals surface area contributed by atoms with Gasteiger partial charge in [0.05, 0.1) is 12.1 Å². The van der Waals surface area contributed by atoms with E-state index in [2.05, 4.69) is 5.10 Å². The highest BCUT2D eigenvalue weighted by Gasteiger charge is 2.45. The Balaban J connectivity index is 2.22. The van der Waals surface area contributed by atoms with Crippen LogP contribution in [-0.4, -0.2) is 50.4 Å². The molecule has 1 aromatic heterocycles. The van der Waals surface area contributed by atoms with Crippen LogP contribution in [0.2, 0.25) is 0 Å². The number of amides is 1. The highest BCUT2D eigenvalue weighted by molar-refractivity contribution is 5.88. The van der Waals surface area contributed by atoms with Gasteiger partial charge in [-0.2, -0.15) is 18.3 Å². The minimum atomic E-state index is -4.41. The zero-order chi connectivity index (χ0) is 19.7. The average molecular weight is 375 g/mol. The van der Waals surface area contributed by atoms with Gasteiger partial charge < -0.3 is 10.0 Å². The summed E-state index contributed by atoms with van der Waals surface area (Å²) in [5.41, 5.74) is -0.197. The number of rotatable bonds is 5. The summed E-state index contributed by atoms with van der Waals surface area (Å²) in [7, 11) is 1.46. The van der Waals surface area contributed by atoms with Crippen LogP contribution in [0.3, 0.4) is 0 Å². The number of halogens is 3. The summed E-state index contributed by atoms with van der Waals surface area (Å²) < 4.78 is 38.7. The number of alkyl halides is 3. The molecule has 0 unspecified atom stereocenters. The van der Waals surface area contributed by atoms with Crippen LogP contribution >= 0.6 is 0 Å². The third-order valence-corrected chi connectivity index (χ3v) is 5.28. The summed E-state index contributed by atoms with van der Waals surface area (Å²) in [5, 5.41) is 13.6. The van der Waals surface area contributed by atoms with Gasteiger partial charge in [0, 0.05) is 18.3 Å². The molecule has 6 nitrogen and oxygen atoms in total. The lowest BCUT2D eigenvalue weighted by Crippen LogP contribution is -2.56. The molecule has 9 heteroatoms. The third kappa shape index (κ3) is 4.02. The Morgan fingerprint density at radius 2 is 1.81 bits per heavy atom. The van der Waals surface area contributed by atoms with Gasteiger partial charge in [-0.05, 0) is 26.7 Å². The van der Waals surface area contributed by atoms with Crippen molar-refractivity contribution in [1.29, 1.82) is 0 Å². The van der Waals surface area contributed by atoms with Gasteiger partial charge >= 0.3 is 12.1 Å². The smallest absolute Gasteiger partial charge is 0.408 e. The second-order valence-electron chi connectivity index (χ2n) is 6.95. The maximum absolute atomic E-state index is 12.7. The second kappa shape index (κ2) is 7.28. The first kappa shape index (κ1) is 20.3. The SMILES string of the molecule is Cc1nn(CC(F)(F)F)c(C)c1CC(=O)N(C)C1(C(=O)O)CCCCC1. The molecule has 0 bridgehead atoms. The van der Waals surface area contributed by atoms with E-state index >= 15 is 0 Å². The van der Waals surface area contributed by atoms with Crippen molar-refractivity contribution in [3.8, 4) is 0 Å². The van der Waals surface area contributed by atoms with Crippen LogP contribution in [0.4, 0.5) is 13.2 Å². The molecule has 1 aliphatic rings. The first-order chi connectivity index (χ1) is 12.0. The monoisotopic (exact) mass is 375 g/mol. The predicted molar refractivity (Wildman–Crippen MR) is 87.7 cm³/mol. The van der Waals surface area contributed by atoms with Crippen LogP contribution < -0.4 is 0 Å². The Kier molecular flexibility index (Phi) is 5.67. The Morgan fingerprint density at radius 3 is 2.31 bits per heavy atom. The van der Waals surface area contributed by atoms with Crippen LogP contribution in [0.25, 0.3) is 0 Å². The van der Waals surface area contributed by atoms with E-state index in [1.807, 2.05) is 0 Å². The number of aryl methyl sites for hydroxylation is 1. The first-order valence-corrected chi connectivity index (χ1v) is 8.57. The summed E-state index contributed by atoms with van der Waals surface area (Å²) in [6, 6.07) is 0. The number of aliphatic carboxylic acids is 1. The summed E-state index contributed by atoms with van der Waals surface area (Å²) in [4.78, 5) is 25.8. The second-order valence-corrected chi connectivity index (χ2v) is 6.95.